The van der Waals surface area contributed by atoms with E-state index in [9.17, 15) is 5.11 Å². The van der Waals surface area contributed by atoms with Crippen molar-refractivity contribution in [1.29, 1.82) is 0 Å². The summed E-state index contributed by atoms with van der Waals surface area (Å²) in [6, 6.07) is 6.50. The molecule has 1 aromatic carbocycles. The molecule has 0 amide bonds. The Morgan fingerprint density at radius 3 is 2.21 bits per heavy atom. The van der Waals surface area contributed by atoms with Gasteiger partial charge in [0.25, 0.3) is 0 Å². The zero-order valence-corrected chi connectivity index (χ0v) is 15.7. The third-order valence-corrected chi connectivity index (χ3v) is 4.96. The number of rotatable bonds is 7. The number of aromatic hydroxyl groups is 1. The minimum atomic E-state index is 0.344. The molecule has 2 rings (SSSR count). The van der Waals surface area contributed by atoms with Crippen LogP contribution in [0.4, 0.5) is 5.69 Å². The van der Waals surface area contributed by atoms with Crippen molar-refractivity contribution in [2.45, 2.75) is 46.3 Å². The van der Waals surface area contributed by atoms with Gasteiger partial charge < -0.3 is 10.8 Å². The van der Waals surface area contributed by atoms with Crippen molar-refractivity contribution >= 4 is 5.69 Å². The van der Waals surface area contributed by atoms with Crippen molar-refractivity contribution in [2.75, 3.05) is 45.0 Å². The third kappa shape index (κ3) is 5.36. The average molecular weight is 335 g/mol. The molecule has 1 saturated heterocycles. The van der Waals surface area contributed by atoms with Crippen LogP contribution in [0.1, 0.15) is 33.3 Å². The van der Waals surface area contributed by atoms with E-state index >= 15 is 0 Å². The van der Waals surface area contributed by atoms with Gasteiger partial charge in [-0.25, -0.2) is 0 Å². The first-order valence-electron chi connectivity index (χ1n) is 9.14. The van der Waals surface area contributed by atoms with Crippen LogP contribution in [0.25, 0.3) is 0 Å². The van der Waals surface area contributed by atoms with Gasteiger partial charge in [-0.05, 0) is 45.9 Å². The number of phenols is 1. The predicted octanol–water partition coefficient (Wildman–Crippen LogP) is 2.21. The van der Waals surface area contributed by atoms with Crippen molar-refractivity contribution in [3.8, 4) is 5.75 Å². The molecule has 0 bridgehead atoms. The van der Waals surface area contributed by atoms with Crippen LogP contribution in [0.3, 0.4) is 0 Å². The quantitative estimate of drug-likeness (QED) is 0.591. The van der Waals surface area contributed by atoms with E-state index in [2.05, 4.69) is 42.4 Å². The molecule has 1 aliphatic rings. The lowest BCUT2D eigenvalue weighted by Crippen LogP contribution is -2.49. The van der Waals surface area contributed by atoms with Gasteiger partial charge in [0, 0.05) is 69.1 Å². The predicted molar refractivity (Wildman–Crippen MR) is 101 cm³/mol. The van der Waals surface area contributed by atoms with Gasteiger partial charge in [0.1, 0.15) is 5.75 Å². The maximum atomic E-state index is 9.97. The summed E-state index contributed by atoms with van der Waals surface area (Å²) in [6.45, 7) is 16.4. The van der Waals surface area contributed by atoms with Crippen molar-refractivity contribution in [3.63, 3.8) is 0 Å². The summed E-state index contributed by atoms with van der Waals surface area (Å²) in [5.74, 6) is 0.344. The molecule has 0 radical (unpaired) electrons. The molecule has 136 valence electrons. The highest BCUT2D eigenvalue weighted by molar-refractivity contribution is 5.47. The second-order valence-electron chi connectivity index (χ2n) is 7.43. The molecular weight excluding hydrogens is 300 g/mol. The van der Waals surface area contributed by atoms with Gasteiger partial charge in [0.15, 0.2) is 0 Å². The van der Waals surface area contributed by atoms with Gasteiger partial charge in [-0.3, -0.25) is 14.7 Å². The first-order chi connectivity index (χ1) is 11.4. The standard InChI is InChI=1S/C19H34N4O/c1-15(2)23(16(3)4)12-11-21-7-9-22(10-8-21)14-17-13-18(20)5-6-19(17)24/h5-6,13,15-16,24H,7-12,14,20H2,1-4H3. The average Bonchev–Trinajstić information content (AvgIpc) is 2.52. The Labute approximate surface area is 147 Å². The molecule has 0 atom stereocenters. The number of anilines is 1. The zero-order valence-electron chi connectivity index (χ0n) is 15.7. The van der Waals surface area contributed by atoms with Crippen LogP contribution >= 0.6 is 0 Å². The number of benzene rings is 1. The van der Waals surface area contributed by atoms with Crippen molar-refractivity contribution in [3.05, 3.63) is 23.8 Å². The Bertz CT molecular complexity index is 502. The second-order valence-corrected chi connectivity index (χ2v) is 7.43. The lowest BCUT2D eigenvalue weighted by atomic mass is 10.1. The van der Waals surface area contributed by atoms with Crippen LogP contribution < -0.4 is 5.73 Å². The van der Waals surface area contributed by atoms with Crippen molar-refractivity contribution < 1.29 is 5.11 Å². The van der Waals surface area contributed by atoms with Crippen LogP contribution in [-0.4, -0.2) is 71.2 Å². The van der Waals surface area contributed by atoms with E-state index in [-0.39, 0.29) is 0 Å². The summed E-state index contributed by atoms with van der Waals surface area (Å²) in [5, 5.41) is 9.97. The normalized spacial score (nSPS) is 17.3. The largest absolute Gasteiger partial charge is 0.508 e. The molecule has 0 aliphatic carbocycles. The number of hydrogen-bond acceptors (Lipinski definition) is 5. The molecule has 24 heavy (non-hydrogen) atoms. The highest BCUT2D eigenvalue weighted by Gasteiger charge is 2.20. The fourth-order valence-corrected chi connectivity index (χ4v) is 3.51. The molecule has 0 spiro atoms. The number of phenolic OH excluding ortho intramolecular Hbond substituents is 1. The van der Waals surface area contributed by atoms with Crippen LogP contribution in [-0.2, 0) is 6.54 Å². The van der Waals surface area contributed by atoms with Gasteiger partial charge in [-0.2, -0.15) is 0 Å². The number of nitrogens with two attached hydrogens (primary N) is 1. The highest BCUT2D eigenvalue weighted by atomic mass is 16.3. The van der Waals surface area contributed by atoms with E-state index in [1.54, 1.807) is 12.1 Å². The number of nitrogen functional groups attached to an aromatic ring is 1. The lowest BCUT2D eigenvalue weighted by molar-refractivity contribution is 0.0972. The van der Waals surface area contributed by atoms with E-state index < -0.39 is 0 Å². The molecule has 1 heterocycles. The van der Waals surface area contributed by atoms with Gasteiger partial charge in [0.05, 0.1) is 0 Å². The van der Waals surface area contributed by atoms with Crippen molar-refractivity contribution in [1.82, 2.24) is 14.7 Å². The number of piperazine rings is 1. The van der Waals surface area contributed by atoms with Crippen LogP contribution in [0.5, 0.6) is 5.75 Å². The number of hydrogen-bond donors (Lipinski definition) is 2. The van der Waals surface area contributed by atoms with E-state index in [1.807, 2.05) is 6.07 Å². The molecule has 0 unspecified atom stereocenters. The second kappa shape index (κ2) is 8.70. The number of nitrogens with zero attached hydrogens (tertiary/aromatic N) is 3. The maximum absolute atomic E-state index is 9.97. The molecule has 1 aromatic rings. The fourth-order valence-electron chi connectivity index (χ4n) is 3.51. The van der Waals surface area contributed by atoms with Gasteiger partial charge >= 0.3 is 0 Å². The molecule has 1 aliphatic heterocycles. The van der Waals surface area contributed by atoms with Crippen LogP contribution in [0.2, 0.25) is 0 Å². The van der Waals surface area contributed by atoms with Crippen molar-refractivity contribution in [2.24, 2.45) is 0 Å². The molecule has 1 fully saturated rings. The molecule has 5 nitrogen and oxygen atoms in total. The summed E-state index contributed by atoms with van der Waals surface area (Å²) < 4.78 is 0. The Kier molecular flexibility index (Phi) is 6.90. The third-order valence-electron chi connectivity index (χ3n) is 4.96. The Hall–Kier alpha value is -1.30. The van der Waals surface area contributed by atoms with E-state index in [4.69, 9.17) is 5.73 Å². The van der Waals surface area contributed by atoms with Crippen LogP contribution in [0, 0.1) is 0 Å². The molecular formula is C19H34N4O. The summed E-state index contributed by atoms with van der Waals surface area (Å²) >= 11 is 0. The summed E-state index contributed by atoms with van der Waals surface area (Å²) in [4.78, 5) is 7.50. The van der Waals surface area contributed by atoms with E-state index in [0.29, 0.717) is 23.5 Å². The van der Waals surface area contributed by atoms with E-state index in [1.165, 1.54) is 0 Å². The first kappa shape index (κ1) is 19.0. The lowest BCUT2D eigenvalue weighted by Gasteiger charge is -2.37. The maximum Gasteiger partial charge on any atom is 0.120 e. The van der Waals surface area contributed by atoms with E-state index in [0.717, 1.165) is 51.4 Å². The summed E-state index contributed by atoms with van der Waals surface area (Å²) in [5.41, 5.74) is 7.47. The fraction of sp³-hybridized carbons (Fsp3) is 0.684. The first-order valence-corrected chi connectivity index (χ1v) is 9.14. The smallest absolute Gasteiger partial charge is 0.120 e. The zero-order chi connectivity index (χ0) is 17.7. The SMILES string of the molecule is CC(C)N(CCN1CCN(Cc2cc(N)ccc2O)CC1)C(C)C. The summed E-state index contributed by atoms with van der Waals surface area (Å²) in [7, 11) is 0. The highest BCUT2D eigenvalue weighted by Crippen LogP contribution is 2.22. The Morgan fingerprint density at radius 2 is 1.62 bits per heavy atom. The monoisotopic (exact) mass is 334 g/mol. The minimum absolute atomic E-state index is 0.344. The molecule has 5 heteroatoms. The molecule has 0 saturated carbocycles. The summed E-state index contributed by atoms with van der Waals surface area (Å²) in [6.07, 6.45) is 0. The molecule has 3 N–H and O–H groups in total. The topological polar surface area (TPSA) is 56.0 Å². The van der Waals surface area contributed by atoms with Gasteiger partial charge in [0.2, 0.25) is 0 Å². The minimum Gasteiger partial charge on any atom is -0.508 e. The Morgan fingerprint density at radius 1 is 1.04 bits per heavy atom. The van der Waals surface area contributed by atoms with Crippen LogP contribution in [0.15, 0.2) is 18.2 Å². The Balaban J connectivity index is 1.78. The van der Waals surface area contributed by atoms with Gasteiger partial charge in [-0.1, -0.05) is 0 Å². The van der Waals surface area contributed by atoms with Gasteiger partial charge in [-0.15, -0.1) is 0 Å². The molecule has 0 aromatic heterocycles.